The molecule has 1 fully saturated rings. The van der Waals surface area contributed by atoms with E-state index in [1.165, 1.54) is 19.3 Å². The van der Waals surface area contributed by atoms with Crippen LogP contribution in [-0.2, 0) is 9.84 Å². The number of hydrazine groups is 1. The lowest BCUT2D eigenvalue weighted by Gasteiger charge is -2.39. The predicted octanol–water partition coefficient (Wildman–Crippen LogP) is 1.19. The zero-order valence-electron chi connectivity index (χ0n) is 10.6. The van der Waals surface area contributed by atoms with Crippen LogP contribution in [0.25, 0.3) is 0 Å². The molecular formula is C11H24N2O2S. The van der Waals surface area contributed by atoms with Gasteiger partial charge in [-0.2, -0.15) is 0 Å². The molecule has 0 radical (unpaired) electrons. The molecule has 1 aliphatic rings. The molecule has 0 amide bonds. The van der Waals surface area contributed by atoms with Gasteiger partial charge in [0.05, 0.1) is 5.75 Å². The maximum Gasteiger partial charge on any atom is 0.151 e. The van der Waals surface area contributed by atoms with Crippen molar-refractivity contribution in [3.8, 4) is 0 Å². The van der Waals surface area contributed by atoms with Crippen molar-refractivity contribution in [3.63, 3.8) is 0 Å². The molecule has 0 saturated carbocycles. The Balaban J connectivity index is 2.36. The van der Waals surface area contributed by atoms with E-state index < -0.39 is 9.84 Å². The van der Waals surface area contributed by atoms with Crippen LogP contribution in [0.2, 0.25) is 0 Å². The molecular weight excluding hydrogens is 224 g/mol. The Morgan fingerprint density at radius 2 is 1.81 bits per heavy atom. The van der Waals surface area contributed by atoms with E-state index in [2.05, 4.69) is 24.3 Å². The molecule has 96 valence electrons. The lowest BCUT2D eigenvalue weighted by molar-refractivity contribution is 0.0491. The van der Waals surface area contributed by atoms with Gasteiger partial charge < -0.3 is 0 Å². The van der Waals surface area contributed by atoms with E-state index in [1.807, 2.05) is 0 Å². The second kappa shape index (κ2) is 5.98. The van der Waals surface area contributed by atoms with Crippen molar-refractivity contribution in [1.29, 1.82) is 0 Å². The van der Waals surface area contributed by atoms with Crippen molar-refractivity contribution in [3.05, 3.63) is 0 Å². The average molecular weight is 248 g/mol. The van der Waals surface area contributed by atoms with Gasteiger partial charge in [-0.25, -0.2) is 13.4 Å². The highest BCUT2D eigenvalue weighted by molar-refractivity contribution is 7.91. The normalized spacial score (nSPS) is 28.2. The second-order valence-electron chi connectivity index (χ2n) is 4.68. The molecule has 2 atom stereocenters. The summed E-state index contributed by atoms with van der Waals surface area (Å²) < 4.78 is 22.7. The molecule has 0 aromatic heterocycles. The van der Waals surface area contributed by atoms with Gasteiger partial charge in [-0.15, -0.1) is 0 Å². The van der Waals surface area contributed by atoms with Crippen LogP contribution in [-0.4, -0.2) is 43.6 Å². The van der Waals surface area contributed by atoms with Gasteiger partial charge in [-0.3, -0.25) is 5.43 Å². The largest absolute Gasteiger partial charge is 0.254 e. The minimum absolute atomic E-state index is 0.236. The molecule has 0 bridgehead atoms. The summed E-state index contributed by atoms with van der Waals surface area (Å²) in [7, 11) is -2.84. The average Bonchev–Trinajstić information content (AvgIpc) is 2.22. The number of sulfone groups is 1. The third-order valence-corrected chi connectivity index (χ3v) is 5.05. The molecule has 1 saturated heterocycles. The fraction of sp³-hybridized carbons (Fsp3) is 1.00. The molecule has 0 aromatic rings. The van der Waals surface area contributed by atoms with E-state index in [4.69, 9.17) is 0 Å². The van der Waals surface area contributed by atoms with Crippen molar-refractivity contribution in [2.45, 2.75) is 52.1 Å². The first kappa shape index (κ1) is 13.9. The summed E-state index contributed by atoms with van der Waals surface area (Å²) in [5.74, 6) is 0.471. The Morgan fingerprint density at radius 3 is 2.31 bits per heavy atom. The summed E-state index contributed by atoms with van der Waals surface area (Å²) in [6.07, 6.45) is 3.66. The summed E-state index contributed by atoms with van der Waals surface area (Å²) in [6, 6.07) is 1.01. The van der Waals surface area contributed by atoms with Crippen LogP contribution in [0, 0.1) is 0 Å². The molecule has 0 aliphatic carbocycles. The fourth-order valence-electron chi connectivity index (χ4n) is 2.21. The highest BCUT2D eigenvalue weighted by Gasteiger charge is 2.24. The van der Waals surface area contributed by atoms with Gasteiger partial charge in [-0.05, 0) is 26.7 Å². The van der Waals surface area contributed by atoms with E-state index in [9.17, 15) is 8.42 Å². The van der Waals surface area contributed by atoms with Crippen molar-refractivity contribution < 1.29 is 8.42 Å². The summed E-state index contributed by atoms with van der Waals surface area (Å²) in [5, 5.41) is 2.22. The van der Waals surface area contributed by atoms with Crippen LogP contribution in [0.1, 0.15) is 40.0 Å². The molecule has 0 spiro atoms. The van der Waals surface area contributed by atoms with Crippen molar-refractivity contribution in [2.24, 2.45) is 0 Å². The minimum Gasteiger partial charge on any atom is -0.254 e. The van der Waals surface area contributed by atoms with E-state index in [1.54, 1.807) is 6.92 Å². The molecule has 5 heteroatoms. The van der Waals surface area contributed by atoms with Gasteiger partial charge in [0.1, 0.15) is 0 Å². The molecule has 4 nitrogen and oxygen atoms in total. The number of nitrogens with one attached hydrogen (secondary N) is 1. The fourth-order valence-corrected chi connectivity index (χ4v) is 2.90. The smallest absolute Gasteiger partial charge is 0.151 e. The first-order chi connectivity index (χ1) is 7.46. The molecule has 16 heavy (non-hydrogen) atoms. The number of hydrogen-bond acceptors (Lipinski definition) is 4. The molecule has 1 rings (SSSR count). The Kier molecular flexibility index (Phi) is 5.21. The second-order valence-corrected chi connectivity index (χ2v) is 7.15. The third kappa shape index (κ3) is 4.03. The molecule has 0 aromatic carbocycles. The summed E-state index contributed by atoms with van der Waals surface area (Å²) >= 11 is 0. The third-order valence-electron chi connectivity index (χ3n) is 3.34. The van der Waals surface area contributed by atoms with Crippen molar-refractivity contribution >= 4 is 9.84 Å². The maximum absolute atomic E-state index is 11.3. The van der Waals surface area contributed by atoms with Gasteiger partial charge in [0, 0.05) is 24.4 Å². The number of piperidine rings is 1. The Labute approximate surface area is 99.3 Å². The van der Waals surface area contributed by atoms with Crippen LogP contribution in [0.5, 0.6) is 0 Å². The van der Waals surface area contributed by atoms with E-state index in [-0.39, 0.29) is 11.5 Å². The van der Waals surface area contributed by atoms with Gasteiger partial charge in [0.2, 0.25) is 0 Å². The van der Waals surface area contributed by atoms with Crippen LogP contribution < -0.4 is 5.43 Å². The van der Waals surface area contributed by atoms with Crippen molar-refractivity contribution in [1.82, 2.24) is 10.4 Å². The highest BCUT2D eigenvalue weighted by atomic mass is 32.2. The van der Waals surface area contributed by atoms with Crippen LogP contribution >= 0.6 is 0 Å². The Bertz CT molecular complexity index is 293. The first-order valence-electron chi connectivity index (χ1n) is 6.18. The predicted molar refractivity (Wildman–Crippen MR) is 66.9 cm³/mol. The first-order valence-corrected chi connectivity index (χ1v) is 8.00. The molecule has 2 unspecified atom stereocenters. The quantitative estimate of drug-likeness (QED) is 0.794. The summed E-state index contributed by atoms with van der Waals surface area (Å²) in [6.45, 7) is 6.61. The van der Waals surface area contributed by atoms with Gasteiger partial charge >= 0.3 is 0 Å². The van der Waals surface area contributed by atoms with Gasteiger partial charge in [0.15, 0.2) is 9.84 Å². The van der Waals surface area contributed by atoms with E-state index in [0.29, 0.717) is 18.6 Å². The van der Waals surface area contributed by atoms with Crippen molar-refractivity contribution in [2.75, 3.05) is 18.1 Å². The van der Waals surface area contributed by atoms with Crippen LogP contribution in [0.4, 0.5) is 0 Å². The topological polar surface area (TPSA) is 49.4 Å². The SMILES string of the molecule is CCS(=O)(=O)CCNN1C(C)CCCC1C. The monoisotopic (exact) mass is 248 g/mol. The Hall–Kier alpha value is -0.130. The van der Waals surface area contributed by atoms with E-state index >= 15 is 0 Å². The van der Waals surface area contributed by atoms with Gasteiger partial charge in [-0.1, -0.05) is 13.3 Å². The standard InChI is InChI=1S/C11H24N2O2S/c1-4-16(14,15)9-8-12-13-10(2)6-5-7-11(13)3/h10-12H,4-9H2,1-3H3. The lowest BCUT2D eigenvalue weighted by Crippen LogP contribution is -2.53. The van der Waals surface area contributed by atoms with Crippen LogP contribution in [0.3, 0.4) is 0 Å². The highest BCUT2D eigenvalue weighted by Crippen LogP contribution is 2.19. The van der Waals surface area contributed by atoms with Gasteiger partial charge in [0.25, 0.3) is 0 Å². The Morgan fingerprint density at radius 1 is 1.25 bits per heavy atom. The minimum atomic E-state index is -2.84. The zero-order valence-corrected chi connectivity index (χ0v) is 11.4. The number of nitrogens with zero attached hydrogens (tertiary/aromatic N) is 1. The molecule has 1 aliphatic heterocycles. The molecule has 1 N–H and O–H groups in total. The number of hydrogen-bond donors (Lipinski definition) is 1. The number of rotatable bonds is 5. The zero-order chi connectivity index (χ0) is 12.2. The van der Waals surface area contributed by atoms with E-state index in [0.717, 1.165) is 0 Å². The van der Waals surface area contributed by atoms with Crippen LogP contribution in [0.15, 0.2) is 0 Å². The summed E-state index contributed by atoms with van der Waals surface area (Å²) in [5.41, 5.74) is 3.27. The molecule has 1 heterocycles. The summed E-state index contributed by atoms with van der Waals surface area (Å²) in [4.78, 5) is 0. The maximum atomic E-state index is 11.3. The lowest BCUT2D eigenvalue weighted by atomic mass is 10.00.